The minimum absolute atomic E-state index is 0.252. The Morgan fingerprint density at radius 3 is 0.943 bits per heavy atom. The molecule has 0 spiro atoms. The third-order valence-corrected chi connectivity index (χ3v) is 17.0. The van der Waals surface area contributed by atoms with Crippen LogP contribution in [0.25, 0.3) is 90.9 Å². The number of aromatic nitrogens is 4. The van der Waals surface area contributed by atoms with Gasteiger partial charge in [0.1, 0.15) is 0 Å². The second-order valence-electron chi connectivity index (χ2n) is 17.8. The highest BCUT2D eigenvalue weighted by Crippen LogP contribution is 2.49. The molecule has 358 valence electrons. The smallest absolute Gasteiger partial charge is 0.354 e. The fourth-order valence-corrected chi connectivity index (χ4v) is 13.3. The van der Waals surface area contributed by atoms with E-state index in [1.165, 1.54) is 11.1 Å². The maximum atomic E-state index is 14.0. The molecule has 8 bridgehead atoms. The standard InChI is InChI=1S/C58H60N4O6P2/c1-11-65-69(63,66-12-2)43-19-15-41(16-20-43)55-45-23-27-49(59-45)57(53-37(7)31-35(5)32-38(53)8)51-29-25-47(61-51)56(42-17-21-44(22-18-42)70(64,67-13-3)68-14-4)48-26-30-52(62-48)58(50-28-24-46(55)60-50)54-39(9)33-36(6)34-40(54)10/h15-34,59,62H,11-14H2,1-10H3. The van der Waals surface area contributed by atoms with Gasteiger partial charge >= 0.3 is 15.2 Å². The normalized spacial score (nSPS) is 12.6. The molecule has 9 rings (SSSR count). The van der Waals surface area contributed by atoms with Crippen molar-refractivity contribution < 1.29 is 27.2 Å². The summed E-state index contributed by atoms with van der Waals surface area (Å²) in [5.74, 6) is 0. The maximum absolute atomic E-state index is 14.0. The van der Waals surface area contributed by atoms with Gasteiger partial charge in [0.25, 0.3) is 0 Å². The van der Waals surface area contributed by atoms with Gasteiger partial charge in [-0.25, -0.2) is 9.97 Å². The number of nitrogens with one attached hydrogen (secondary N) is 2. The first kappa shape index (κ1) is 48.8. The van der Waals surface area contributed by atoms with E-state index in [0.29, 0.717) is 10.6 Å². The van der Waals surface area contributed by atoms with Gasteiger partial charge in [-0.15, -0.1) is 0 Å². The Balaban J connectivity index is 1.42. The highest BCUT2D eigenvalue weighted by atomic mass is 31.2. The van der Waals surface area contributed by atoms with Crippen LogP contribution in [0.15, 0.2) is 97.1 Å². The van der Waals surface area contributed by atoms with Crippen LogP contribution in [0, 0.1) is 41.5 Å². The van der Waals surface area contributed by atoms with Crippen molar-refractivity contribution in [2.75, 3.05) is 26.4 Å². The first-order valence-electron chi connectivity index (χ1n) is 24.0. The van der Waals surface area contributed by atoms with Gasteiger partial charge in [-0.2, -0.15) is 0 Å². The molecule has 0 saturated heterocycles. The lowest BCUT2D eigenvalue weighted by atomic mass is 9.92. The summed E-state index contributed by atoms with van der Waals surface area (Å²) in [4.78, 5) is 18.8. The summed E-state index contributed by atoms with van der Waals surface area (Å²) in [5, 5.41) is 0.977. The Morgan fingerprint density at radius 1 is 0.386 bits per heavy atom. The van der Waals surface area contributed by atoms with Crippen molar-refractivity contribution >= 4 is 72.2 Å². The molecule has 0 saturated carbocycles. The average molecular weight is 971 g/mol. The van der Waals surface area contributed by atoms with Gasteiger partial charge in [-0.3, -0.25) is 9.13 Å². The Labute approximate surface area is 411 Å². The summed E-state index contributed by atoms with van der Waals surface area (Å²) in [6, 6.07) is 32.6. The van der Waals surface area contributed by atoms with Crippen molar-refractivity contribution in [3.63, 3.8) is 0 Å². The van der Waals surface area contributed by atoms with Crippen molar-refractivity contribution in [3.8, 4) is 44.5 Å². The summed E-state index contributed by atoms with van der Waals surface area (Å²) in [6.07, 6.45) is 8.35. The molecule has 12 heteroatoms. The van der Waals surface area contributed by atoms with Gasteiger partial charge < -0.3 is 28.1 Å². The summed E-state index contributed by atoms with van der Waals surface area (Å²) in [7, 11) is -7.09. The highest BCUT2D eigenvalue weighted by molar-refractivity contribution is 7.62. The van der Waals surface area contributed by atoms with Crippen LogP contribution in [0.3, 0.4) is 0 Å². The van der Waals surface area contributed by atoms with Crippen LogP contribution in [-0.4, -0.2) is 46.4 Å². The fourth-order valence-electron chi connectivity index (χ4n) is 10.2. The minimum atomic E-state index is -3.55. The molecule has 2 N–H and O–H groups in total. The summed E-state index contributed by atoms with van der Waals surface area (Å²) in [6.45, 7) is 21.1. The number of hydrogen-bond donors (Lipinski definition) is 2. The summed E-state index contributed by atoms with van der Waals surface area (Å²) >= 11 is 0. The number of aryl methyl sites for hydroxylation is 6. The lowest BCUT2D eigenvalue weighted by Gasteiger charge is -2.17. The fraction of sp³-hybridized carbons (Fsp3) is 0.241. The van der Waals surface area contributed by atoms with Gasteiger partial charge in [0, 0.05) is 44.3 Å². The van der Waals surface area contributed by atoms with Gasteiger partial charge in [-0.05, 0) is 187 Å². The lowest BCUT2D eigenvalue weighted by molar-refractivity contribution is 0.229. The molecular formula is C58H60N4O6P2. The summed E-state index contributed by atoms with van der Waals surface area (Å²) in [5.41, 5.74) is 21.0. The van der Waals surface area contributed by atoms with Crippen LogP contribution < -0.4 is 10.6 Å². The highest BCUT2D eigenvalue weighted by Gasteiger charge is 2.29. The topological polar surface area (TPSA) is 128 Å². The Kier molecular flexibility index (Phi) is 13.9. The third kappa shape index (κ3) is 9.17. The van der Waals surface area contributed by atoms with Crippen molar-refractivity contribution in [3.05, 3.63) is 153 Å². The zero-order chi connectivity index (χ0) is 49.5. The van der Waals surface area contributed by atoms with Crippen LogP contribution in [0.4, 0.5) is 0 Å². The molecular weight excluding hydrogens is 911 g/mol. The van der Waals surface area contributed by atoms with Crippen LogP contribution in [0.2, 0.25) is 0 Å². The van der Waals surface area contributed by atoms with Crippen molar-refractivity contribution in [1.82, 2.24) is 19.9 Å². The first-order valence-corrected chi connectivity index (χ1v) is 27.1. The molecule has 0 unspecified atom stereocenters. The third-order valence-electron chi connectivity index (χ3n) is 12.7. The number of nitrogens with zero attached hydrogens (tertiary/aromatic N) is 2. The number of fused-ring (bicyclic) bond motifs is 8. The number of benzene rings is 4. The molecule has 0 amide bonds. The molecule has 3 aromatic heterocycles. The van der Waals surface area contributed by atoms with E-state index in [4.69, 9.17) is 28.1 Å². The molecule has 4 aromatic carbocycles. The molecule has 0 fully saturated rings. The largest absolute Gasteiger partial charge is 0.361 e. The Bertz CT molecular complexity index is 3210. The molecule has 70 heavy (non-hydrogen) atoms. The van der Waals surface area contributed by atoms with E-state index in [0.717, 1.165) is 112 Å². The van der Waals surface area contributed by atoms with Crippen LogP contribution in [0.1, 0.15) is 83.9 Å². The van der Waals surface area contributed by atoms with E-state index >= 15 is 0 Å². The van der Waals surface area contributed by atoms with E-state index in [1.54, 1.807) is 0 Å². The van der Waals surface area contributed by atoms with Crippen LogP contribution >= 0.6 is 15.2 Å². The van der Waals surface area contributed by atoms with E-state index < -0.39 is 15.2 Å². The van der Waals surface area contributed by atoms with Crippen LogP contribution in [-0.2, 0) is 27.2 Å². The van der Waals surface area contributed by atoms with Gasteiger partial charge in [0.05, 0.1) is 59.8 Å². The average Bonchev–Trinajstić information content (AvgIpc) is 4.17. The van der Waals surface area contributed by atoms with Gasteiger partial charge in [0.2, 0.25) is 0 Å². The monoisotopic (exact) mass is 970 g/mol. The number of hydrogen-bond acceptors (Lipinski definition) is 8. The number of aromatic amines is 2. The Hall–Kier alpha value is -6.22. The molecule has 0 radical (unpaired) electrons. The zero-order valence-corrected chi connectivity index (χ0v) is 43.4. The predicted octanol–water partition coefficient (Wildman–Crippen LogP) is 15.0. The molecule has 0 aliphatic carbocycles. The molecule has 2 aliphatic rings. The van der Waals surface area contributed by atoms with E-state index in [-0.39, 0.29) is 26.4 Å². The predicted molar refractivity (Wildman–Crippen MR) is 290 cm³/mol. The molecule has 0 atom stereocenters. The quantitative estimate of drug-likeness (QED) is 0.103. The van der Waals surface area contributed by atoms with Gasteiger partial charge in [-0.1, -0.05) is 59.7 Å². The van der Waals surface area contributed by atoms with E-state index in [2.05, 4.69) is 124 Å². The van der Waals surface area contributed by atoms with E-state index in [1.807, 2.05) is 76.2 Å². The first-order chi connectivity index (χ1) is 33.7. The minimum Gasteiger partial charge on any atom is -0.354 e. The SMILES string of the molecule is CCOP(=O)(OCC)c1ccc(-c2c3nc(c(-c4c(C)cc(C)cc4C)c4ccc([nH]4)c(-c4ccc(P(=O)(OCC)OCC)cc4)c4nc(c(-c5c(C)cc(C)cc5C)c5ccc2[nH]5)C=C4)C=C3)cc1. The van der Waals surface area contributed by atoms with E-state index in [9.17, 15) is 9.13 Å². The maximum Gasteiger partial charge on any atom is 0.361 e. The Morgan fingerprint density at radius 2 is 0.657 bits per heavy atom. The van der Waals surface area contributed by atoms with Crippen molar-refractivity contribution in [2.45, 2.75) is 69.2 Å². The van der Waals surface area contributed by atoms with Crippen molar-refractivity contribution in [2.24, 2.45) is 0 Å². The molecule has 5 heterocycles. The molecule has 10 nitrogen and oxygen atoms in total. The summed E-state index contributed by atoms with van der Waals surface area (Å²) < 4.78 is 50.9. The molecule has 2 aliphatic heterocycles. The lowest BCUT2D eigenvalue weighted by Crippen LogP contribution is -2.10. The van der Waals surface area contributed by atoms with Crippen molar-refractivity contribution in [1.29, 1.82) is 0 Å². The number of rotatable bonds is 14. The van der Waals surface area contributed by atoms with Crippen LogP contribution in [0.5, 0.6) is 0 Å². The number of H-pyrrole nitrogens is 2. The molecule has 7 aromatic rings. The second-order valence-corrected chi connectivity index (χ2v) is 21.9. The zero-order valence-electron chi connectivity index (χ0n) is 41.6. The van der Waals surface area contributed by atoms with Gasteiger partial charge in [0.15, 0.2) is 0 Å². The second kappa shape index (κ2) is 19.9.